The highest BCUT2D eigenvalue weighted by Gasteiger charge is 2.39. The molecule has 3 rings (SSSR count). The molecular formula is C21H28O3Si. The van der Waals surface area contributed by atoms with Crippen LogP contribution in [0, 0.1) is 0 Å². The molecule has 0 aliphatic carbocycles. The van der Waals surface area contributed by atoms with Crippen LogP contribution in [0.1, 0.15) is 37.8 Å². The molecule has 0 radical (unpaired) electrons. The molecule has 1 heterocycles. The van der Waals surface area contributed by atoms with Gasteiger partial charge < -0.3 is 14.3 Å². The fraction of sp³-hybridized carbons (Fsp3) is 0.429. The van der Waals surface area contributed by atoms with Crippen molar-refractivity contribution >= 4 is 8.32 Å². The summed E-state index contributed by atoms with van der Waals surface area (Å²) in [5, 5.41) is 9.75. The number of fused-ring (bicyclic) bond motifs is 1. The lowest BCUT2D eigenvalue weighted by atomic mass is 9.90. The molecule has 1 aliphatic heterocycles. The molecule has 1 N–H and O–H groups in total. The Hall–Kier alpha value is -1.94. The van der Waals surface area contributed by atoms with E-state index in [-0.39, 0.29) is 10.8 Å². The Morgan fingerprint density at radius 3 is 2.40 bits per heavy atom. The fourth-order valence-corrected chi connectivity index (χ4v) is 3.86. The SMILES string of the molecule is CC(C)(C)[Si](C)(C)Oc1ccc(C2COc3cc(O)ccc3C2)cc1. The van der Waals surface area contributed by atoms with Gasteiger partial charge in [-0.25, -0.2) is 0 Å². The van der Waals surface area contributed by atoms with Gasteiger partial charge >= 0.3 is 0 Å². The third-order valence-corrected chi connectivity index (χ3v) is 9.85. The third kappa shape index (κ3) is 3.84. The normalized spacial score (nSPS) is 17.6. The van der Waals surface area contributed by atoms with Crippen LogP contribution in [-0.4, -0.2) is 20.0 Å². The summed E-state index contributed by atoms with van der Waals surface area (Å²) in [6.07, 6.45) is 0.929. The second-order valence-electron chi connectivity index (χ2n) is 8.44. The molecule has 0 amide bonds. The van der Waals surface area contributed by atoms with Crippen molar-refractivity contribution in [2.24, 2.45) is 0 Å². The monoisotopic (exact) mass is 356 g/mol. The van der Waals surface area contributed by atoms with Gasteiger partial charge in [-0.15, -0.1) is 0 Å². The van der Waals surface area contributed by atoms with Gasteiger partial charge in [0.15, 0.2) is 0 Å². The molecule has 0 bridgehead atoms. The Balaban J connectivity index is 1.72. The van der Waals surface area contributed by atoms with Crippen molar-refractivity contribution in [1.29, 1.82) is 0 Å². The topological polar surface area (TPSA) is 38.7 Å². The first-order valence-electron chi connectivity index (χ1n) is 8.89. The lowest BCUT2D eigenvalue weighted by molar-refractivity contribution is 0.261. The molecule has 2 aromatic rings. The van der Waals surface area contributed by atoms with Gasteiger partial charge in [-0.1, -0.05) is 39.0 Å². The summed E-state index contributed by atoms with van der Waals surface area (Å²) in [6, 6.07) is 13.8. The van der Waals surface area contributed by atoms with Crippen LogP contribution in [-0.2, 0) is 6.42 Å². The molecule has 1 atom stereocenters. The molecule has 25 heavy (non-hydrogen) atoms. The van der Waals surface area contributed by atoms with Crippen molar-refractivity contribution < 1.29 is 14.3 Å². The van der Waals surface area contributed by atoms with Crippen LogP contribution in [0.4, 0.5) is 0 Å². The average molecular weight is 357 g/mol. The number of aromatic hydroxyl groups is 1. The average Bonchev–Trinajstić information content (AvgIpc) is 2.53. The number of hydrogen-bond acceptors (Lipinski definition) is 3. The molecule has 1 unspecified atom stereocenters. The Morgan fingerprint density at radius 1 is 1.08 bits per heavy atom. The second kappa shape index (κ2) is 6.41. The molecule has 1 aliphatic rings. The predicted molar refractivity (Wildman–Crippen MR) is 104 cm³/mol. The number of phenolic OH excluding ortho intramolecular Hbond substituents is 1. The first-order chi connectivity index (χ1) is 11.7. The Kier molecular flexibility index (Phi) is 4.58. The van der Waals surface area contributed by atoms with E-state index >= 15 is 0 Å². The number of hydrogen-bond donors (Lipinski definition) is 1. The van der Waals surface area contributed by atoms with E-state index in [1.54, 1.807) is 12.1 Å². The lowest BCUT2D eigenvalue weighted by Gasteiger charge is -2.36. The van der Waals surface area contributed by atoms with Crippen molar-refractivity contribution in [3.8, 4) is 17.2 Å². The van der Waals surface area contributed by atoms with Crippen LogP contribution in [0.3, 0.4) is 0 Å². The van der Waals surface area contributed by atoms with Crippen LogP contribution in [0.5, 0.6) is 17.2 Å². The maximum Gasteiger partial charge on any atom is 0.250 e. The number of benzene rings is 2. The fourth-order valence-electron chi connectivity index (χ4n) is 2.83. The molecule has 0 fully saturated rings. The summed E-state index contributed by atoms with van der Waals surface area (Å²) in [6.45, 7) is 11.9. The van der Waals surface area contributed by atoms with Crippen molar-refractivity contribution in [1.82, 2.24) is 0 Å². The number of ether oxygens (including phenoxy) is 1. The van der Waals surface area contributed by atoms with E-state index in [1.165, 1.54) is 5.56 Å². The highest BCUT2D eigenvalue weighted by Crippen LogP contribution is 2.38. The maximum atomic E-state index is 9.56. The first-order valence-corrected chi connectivity index (χ1v) is 11.8. The van der Waals surface area contributed by atoms with Gasteiger partial charge in [0.25, 0.3) is 0 Å². The first kappa shape index (κ1) is 17.9. The van der Waals surface area contributed by atoms with Gasteiger partial charge in [-0.2, -0.15) is 0 Å². The van der Waals surface area contributed by atoms with Crippen molar-refractivity contribution in [2.75, 3.05) is 6.61 Å². The van der Waals surface area contributed by atoms with Crippen molar-refractivity contribution in [3.05, 3.63) is 53.6 Å². The molecule has 134 valence electrons. The largest absolute Gasteiger partial charge is 0.544 e. The zero-order chi connectivity index (χ0) is 18.2. The van der Waals surface area contributed by atoms with Crippen molar-refractivity contribution in [3.63, 3.8) is 0 Å². The zero-order valence-electron chi connectivity index (χ0n) is 15.8. The summed E-state index contributed by atoms with van der Waals surface area (Å²) in [4.78, 5) is 0. The molecular weight excluding hydrogens is 328 g/mol. The van der Waals surface area contributed by atoms with E-state index in [4.69, 9.17) is 9.16 Å². The summed E-state index contributed by atoms with van der Waals surface area (Å²) >= 11 is 0. The Bertz CT molecular complexity index is 745. The predicted octanol–water partition coefficient (Wildman–Crippen LogP) is 5.49. The minimum absolute atomic E-state index is 0.193. The van der Waals surface area contributed by atoms with E-state index in [0.29, 0.717) is 12.5 Å². The molecule has 0 spiro atoms. The van der Waals surface area contributed by atoms with Crippen molar-refractivity contribution in [2.45, 2.75) is 51.2 Å². The van der Waals surface area contributed by atoms with Crippen LogP contribution >= 0.6 is 0 Å². The minimum atomic E-state index is -1.80. The molecule has 0 aromatic heterocycles. The van der Waals surface area contributed by atoms with E-state index < -0.39 is 8.32 Å². The highest BCUT2D eigenvalue weighted by molar-refractivity contribution is 6.74. The third-order valence-electron chi connectivity index (χ3n) is 5.49. The maximum absolute atomic E-state index is 9.56. The standard InChI is InChI=1S/C21H28O3Si/c1-21(2,3)25(4,5)24-19-10-7-15(8-11-19)17-12-16-6-9-18(22)13-20(16)23-14-17/h6-11,13,17,22H,12,14H2,1-5H3. The minimum Gasteiger partial charge on any atom is -0.544 e. The van der Waals surface area contributed by atoms with E-state index in [1.807, 2.05) is 6.07 Å². The Labute approximate surface area is 151 Å². The smallest absolute Gasteiger partial charge is 0.250 e. The van der Waals surface area contributed by atoms with E-state index in [9.17, 15) is 5.11 Å². The summed E-state index contributed by atoms with van der Waals surface area (Å²) in [5.41, 5.74) is 2.41. The quantitative estimate of drug-likeness (QED) is 0.739. The molecule has 2 aromatic carbocycles. The molecule has 0 saturated carbocycles. The highest BCUT2D eigenvalue weighted by atomic mass is 28.4. The summed E-state index contributed by atoms with van der Waals surface area (Å²) < 4.78 is 12.2. The summed E-state index contributed by atoms with van der Waals surface area (Å²) in [5.74, 6) is 2.34. The van der Waals surface area contributed by atoms with Gasteiger partial charge in [0, 0.05) is 12.0 Å². The van der Waals surface area contributed by atoms with Gasteiger partial charge in [0.05, 0.1) is 6.61 Å². The van der Waals surface area contributed by atoms with Gasteiger partial charge in [-0.05, 0) is 53.9 Å². The van der Waals surface area contributed by atoms with Gasteiger partial charge in [0.2, 0.25) is 8.32 Å². The van der Waals surface area contributed by atoms with Crippen LogP contribution in [0.2, 0.25) is 18.1 Å². The van der Waals surface area contributed by atoms with Crippen LogP contribution in [0.15, 0.2) is 42.5 Å². The molecule has 0 saturated heterocycles. The zero-order valence-corrected chi connectivity index (χ0v) is 16.8. The van der Waals surface area contributed by atoms with Crippen LogP contribution < -0.4 is 9.16 Å². The molecule has 4 heteroatoms. The number of rotatable bonds is 3. The van der Waals surface area contributed by atoms with Crippen LogP contribution in [0.25, 0.3) is 0 Å². The molecule has 3 nitrogen and oxygen atoms in total. The van der Waals surface area contributed by atoms with Gasteiger partial charge in [0.1, 0.15) is 17.2 Å². The summed E-state index contributed by atoms with van der Waals surface area (Å²) in [7, 11) is -1.80. The second-order valence-corrected chi connectivity index (χ2v) is 13.2. The van der Waals surface area contributed by atoms with E-state index in [2.05, 4.69) is 58.1 Å². The number of phenols is 1. The van der Waals surface area contributed by atoms with Gasteiger partial charge in [-0.3, -0.25) is 0 Å². The lowest BCUT2D eigenvalue weighted by Crippen LogP contribution is -2.43. The van der Waals surface area contributed by atoms with E-state index in [0.717, 1.165) is 23.5 Å². The Morgan fingerprint density at radius 2 is 1.76 bits per heavy atom.